The average molecular weight is 316 g/mol. The van der Waals surface area contributed by atoms with E-state index in [-0.39, 0.29) is 23.5 Å². The fraction of sp³-hybridized carbons (Fsp3) is 0.692. The van der Waals surface area contributed by atoms with E-state index in [1.807, 2.05) is 20.8 Å². The van der Waals surface area contributed by atoms with Crippen molar-refractivity contribution in [1.82, 2.24) is 9.88 Å². The van der Waals surface area contributed by atoms with Crippen molar-refractivity contribution in [2.24, 2.45) is 0 Å². The number of carbonyl (C=O) groups excluding carboxylic acids is 1. The van der Waals surface area contributed by atoms with E-state index in [4.69, 9.17) is 0 Å². The Hall–Kier alpha value is -0.950. The highest BCUT2D eigenvalue weighted by molar-refractivity contribution is 7.91. The highest BCUT2D eigenvalue weighted by atomic mass is 32.2. The molecular formula is C13H20N2O3S2. The third-order valence-electron chi connectivity index (χ3n) is 3.49. The lowest BCUT2D eigenvalue weighted by molar-refractivity contribution is 0.0703. The zero-order valence-corrected chi connectivity index (χ0v) is 13.6. The molecule has 0 bridgehead atoms. The predicted octanol–water partition coefficient (Wildman–Crippen LogP) is 1.92. The number of nitrogens with zero attached hydrogens (tertiary/aromatic N) is 2. The Morgan fingerprint density at radius 2 is 2.25 bits per heavy atom. The van der Waals surface area contributed by atoms with Gasteiger partial charge >= 0.3 is 0 Å². The summed E-state index contributed by atoms with van der Waals surface area (Å²) in [6, 6.07) is -0.207. The van der Waals surface area contributed by atoms with Crippen LogP contribution in [0.1, 0.15) is 48.6 Å². The minimum absolute atomic E-state index is 0.0771. The second-order valence-electron chi connectivity index (χ2n) is 5.37. The van der Waals surface area contributed by atoms with Crippen molar-refractivity contribution in [1.29, 1.82) is 0 Å². The summed E-state index contributed by atoms with van der Waals surface area (Å²) in [7, 11) is -2.99. The van der Waals surface area contributed by atoms with Crippen LogP contribution in [-0.2, 0) is 9.84 Å². The van der Waals surface area contributed by atoms with E-state index in [1.54, 1.807) is 10.3 Å². The summed E-state index contributed by atoms with van der Waals surface area (Å²) in [5.41, 5.74) is 0.435. The lowest BCUT2D eigenvalue weighted by Crippen LogP contribution is -2.41. The number of carbonyl (C=O) groups is 1. The number of rotatable bonds is 4. The second-order valence-corrected chi connectivity index (χ2v) is 8.49. The quantitative estimate of drug-likeness (QED) is 0.851. The van der Waals surface area contributed by atoms with Crippen LogP contribution < -0.4 is 0 Å². The van der Waals surface area contributed by atoms with Crippen LogP contribution in [0.2, 0.25) is 0 Å². The Bertz CT molecular complexity index is 593. The largest absolute Gasteiger partial charge is 0.334 e. The fourth-order valence-electron chi connectivity index (χ4n) is 2.39. The van der Waals surface area contributed by atoms with Gasteiger partial charge in [0.25, 0.3) is 5.91 Å². The Morgan fingerprint density at radius 3 is 2.70 bits per heavy atom. The molecule has 1 aromatic rings. The first-order valence-electron chi connectivity index (χ1n) is 6.81. The molecule has 2 heterocycles. The van der Waals surface area contributed by atoms with Crippen LogP contribution >= 0.6 is 11.3 Å². The van der Waals surface area contributed by atoms with E-state index in [2.05, 4.69) is 4.98 Å². The van der Waals surface area contributed by atoms with Crippen LogP contribution in [0.25, 0.3) is 0 Å². The van der Waals surface area contributed by atoms with Crippen LogP contribution in [0, 0.1) is 0 Å². The summed E-state index contributed by atoms with van der Waals surface area (Å²) in [6.45, 7) is 6.45. The van der Waals surface area contributed by atoms with Gasteiger partial charge < -0.3 is 4.90 Å². The maximum absolute atomic E-state index is 12.5. The molecule has 5 nitrogen and oxygen atoms in total. The van der Waals surface area contributed by atoms with Crippen molar-refractivity contribution in [3.63, 3.8) is 0 Å². The molecule has 1 atom stereocenters. The Kier molecular flexibility index (Phi) is 4.49. The van der Waals surface area contributed by atoms with E-state index < -0.39 is 9.84 Å². The SMILES string of the molecule is CCN(C(=O)c1csc(C(C)C)n1)C1CCS(=O)(=O)C1. The highest BCUT2D eigenvalue weighted by Gasteiger charge is 2.34. The molecule has 1 aliphatic rings. The summed E-state index contributed by atoms with van der Waals surface area (Å²) in [4.78, 5) is 18.5. The first-order valence-corrected chi connectivity index (χ1v) is 9.51. The first kappa shape index (κ1) is 15.4. The van der Waals surface area contributed by atoms with Gasteiger partial charge in [0.1, 0.15) is 5.69 Å². The van der Waals surface area contributed by atoms with Crippen LogP contribution in [0.4, 0.5) is 0 Å². The van der Waals surface area contributed by atoms with E-state index in [0.717, 1.165) is 5.01 Å². The smallest absolute Gasteiger partial charge is 0.273 e. The summed E-state index contributed by atoms with van der Waals surface area (Å²) in [5, 5.41) is 2.70. The molecule has 0 aliphatic carbocycles. The molecule has 7 heteroatoms. The maximum atomic E-state index is 12.5. The van der Waals surface area contributed by atoms with Gasteiger partial charge in [-0.2, -0.15) is 0 Å². The zero-order chi connectivity index (χ0) is 14.9. The number of hydrogen-bond donors (Lipinski definition) is 0. The van der Waals surface area contributed by atoms with Crippen molar-refractivity contribution in [3.8, 4) is 0 Å². The van der Waals surface area contributed by atoms with Crippen molar-refractivity contribution in [2.45, 2.75) is 39.2 Å². The minimum atomic E-state index is -2.99. The molecule has 112 valence electrons. The molecule has 1 saturated heterocycles. The topological polar surface area (TPSA) is 67.3 Å². The molecule has 0 aromatic carbocycles. The van der Waals surface area contributed by atoms with Crippen molar-refractivity contribution < 1.29 is 13.2 Å². The fourth-order valence-corrected chi connectivity index (χ4v) is 4.93. The molecule has 1 aliphatic heterocycles. The van der Waals surface area contributed by atoms with E-state index in [1.165, 1.54) is 11.3 Å². The maximum Gasteiger partial charge on any atom is 0.273 e. The minimum Gasteiger partial charge on any atom is -0.334 e. The van der Waals surface area contributed by atoms with Gasteiger partial charge in [-0.25, -0.2) is 13.4 Å². The molecule has 1 fully saturated rings. The highest BCUT2D eigenvalue weighted by Crippen LogP contribution is 2.23. The van der Waals surface area contributed by atoms with Crippen molar-refractivity contribution in [3.05, 3.63) is 16.1 Å². The molecule has 0 radical (unpaired) electrons. The van der Waals surface area contributed by atoms with Gasteiger partial charge in [-0.1, -0.05) is 13.8 Å². The molecule has 0 N–H and O–H groups in total. The summed E-state index contributed by atoms with van der Waals surface area (Å²) in [5.74, 6) is 0.394. The molecule has 0 saturated carbocycles. The first-order chi connectivity index (χ1) is 9.34. The van der Waals surface area contributed by atoms with Crippen LogP contribution in [-0.4, -0.2) is 48.3 Å². The number of thiazole rings is 1. The van der Waals surface area contributed by atoms with Gasteiger partial charge in [0.15, 0.2) is 9.84 Å². The van der Waals surface area contributed by atoms with E-state index >= 15 is 0 Å². The third-order valence-corrected chi connectivity index (χ3v) is 6.38. The van der Waals surface area contributed by atoms with Gasteiger partial charge in [-0.15, -0.1) is 11.3 Å². The van der Waals surface area contributed by atoms with E-state index in [0.29, 0.717) is 24.6 Å². The van der Waals surface area contributed by atoms with Crippen LogP contribution in [0.15, 0.2) is 5.38 Å². The average Bonchev–Trinajstić information content (AvgIpc) is 2.97. The monoisotopic (exact) mass is 316 g/mol. The molecule has 2 rings (SSSR count). The number of aromatic nitrogens is 1. The van der Waals surface area contributed by atoms with Crippen LogP contribution in [0.5, 0.6) is 0 Å². The third kappa shape index (κ3) is 3.20. The Labute approximate surface area is 123 Å². The number of hydrogen-bond acceptors (Lipinski definition) is 5. The molecule has 1 amide bonds. The second kappa shape index (κ2) is 5.81. The summed E-state index contributed by atoms with van der Waals surface area (Å²) < 4.78 is 23.1. The van der Waals surface area contributed by atoms with Gasteiger partial charge in [0, 0.05) is 23.9 Å². The van der Waals surface area contributed by atoms with Gasteiger partial charge in [0.2, 0.25) is 0 Å². The van der Waals surface area contributed by atoms with Crippen LogP contribution in [0.3, 0.4) is 0 Å². The molecule has 20 heavy (non-hydrogen) atoms. The van der Waals surface area contributed by atoms with Crippen molar-refractivity contribution >= 4 is 27.1 Å². The summed E-state index contributed by atoms with van der Waals surface area (Å²) in [6.07, 6.45) is 0.531. The van der Waals surface area contributed by atoms with E-state index in [9.17, 15) is 13.2 Å². The van der Waals surface area contributed by atoms with Gasteiger partial charge in [-0.05, 0) is 13.3 Å². The molecule has 0 spiro atoms. The normalized spacial score (nSPS) is 21.3. The lowest BCUT2D eigenvalue weighted by atomic mass is 10.2. The van der Waals surface area contributed by atoms with Gasteiger partial charge in [0.05, 0.1) is 16.5 Å². The zero-order valence-electron chi connectivity index (χ0n) is 12.0. The molecule has 1 unspecified atom stereocenters. The summed E-state index contributed by atoms with van der Waals surface area (Å²) >= 11 is 1.48. The molecular weight excluding hydrogens is 296 g/mol. The van der Waals surface area contributed by atoms with Crippen molar-refractivity contribution in [2.75, 3.05) is 18.1 Å². The van der Waals surface area contributed by atoms with Gasteiger partial charge in [-0.3, -0.25) is 4.79 Å². The Morgan fingerprint density at radius 1 is 1.55 bits per heavy atom. The predicted molar refractivity (Wildman–Crippen MR) is 80.0 cm³/mol. The Balaban J connectivity index is 2.16. The number of amides is 1. The molecule has 1 aromatic heterocycles. The number of sulfone groups is 1. The standard InChI is InChI=1S/C13H20N2O3S2/c1-4-15(10-5-6-20(17,18)8-10)13(16)11-7-19-12(14-11)9(2)3/h7,9-10H,4-6,8H2,1-3H3. The lowest BCUT2D eigenvalue weighted by Gasteiger charge is -2.26.